The van der Waals surface area contributed by atoms with Gasteiger partial charge in [-0.1, -0.05) is 79.9 Å². The molecule has 0 spiro atoms. The predicted octanol–water partition coefficient (Wildman–Crippen LogP) is 8.84. The molecule has 8 rings (SSSR count). The molecule has 1 aliphatic carbocycles. The lowest BCUT2D eigenvalue weighted by molar-refractivity contribution is -0.643. The van der Waals surface area contributed by atoms with E-state index in [1.165, 1.54) is 103 Å². The summed E-state index contributed by atoms with van der Waals surface area (Å²) >= 11 is 0. The summed E-state index contributed by atoms with van der Waals surface area (Å²) in [4.78, 5) is 0. The zero-order chi connectivity index (χ0) is 24.7. The topological polar surface area (TPSA) is 8.29 Å². The second-order valence-electron chi connectivity index (χ2n) is 11.2. The highest BCUT2D eigenvalue weighted by Crippen LogP contribution is 2.43. The lowest BCUT2D eigenvalue weighted by atomic mass is 9.83. The molecule has 2 nitrogen and oxygen atoms in total. The number of nitrogens with zero attached hydrogens (tertiary/aromatic N) is 2. The molecule has 0 amide bonds. The molecule has 0 unspecified atom stereocenters. The highest BCUT2D eigenvalue weighted by atomic mass is 15.0. The molecular formula is C35H31N2+. The number of hydrogen-bond donors (Lipinski definition) is 0. The van der Waals surface area contributed by atoms with Crippen molar-refractivity contribution in [1.29, 1.82) is 0 Å². The van der Waals surface area contributed by atoms with Crippen molar-refractivity contribution in [1.82, 2.24) is 4.40 Å². The Labute approximate surface area is 217 Å². The Balaban J connectivity index is 1.60. The highest BCUT2D eigenvalue weighted by molar-refractivity contribution is 6.26. The number of pyridine rings is 2. The molecule has 0 N–H and O–H groups in total. The van der Waals surface area contributed by atoms with E-state index in [2.05, 4.69) is 108 Å². The maximum absolute atomic E-state index is 2.60. The van der Waals surface area contributed by atoms with E-state index in [9.17, 15) is 0 Å². The number of benzene rings is 4. The van der Waals surface area contributed by atoms with Crippen LogP contribution in [0.4, 0.5) is 0 Å². The van der Waals surface area contributed by atoms with Crippen LogP contribution in [0.15, 0.2) is 85.1 Å². The molecule has 0 atom stereocenters. The van der Waals surface area contributed by atoms with E-state index in [4.69, 9.17) is 0 Å². The summed E-state index contributed by atoms with van der Waals surface area (Å²) in [6.45, 7) is 2.27. The van der Waals surface area contributed by atoms with Gasteiger partial charge in [-0.2, -0.15) is 0 Å². The van der Waals surface area contributed by atoms with Gasteiger partial charge < -0.3 is 4.40 Å². The maximum Gasteiger partial charge on any atom is 0.224 e. The van der Waals surface area contributed by atoms with Crippen LogP contribution < -0.4 is 4.57 Å². The van der Waals surface area contributed by atoms with Gasteiger partial charge in [0.15, 0.2) is 6.20 Å². The highest BCUT2D eigenvalue weighted by Gasteiger charge is 2.26. The molecule has 180 valence electrons. The third-order valence-electron chi connectivity index (χ3n) is 9.04. The fraction of sp³-hybridized carbons (Fsp3) is 0.229. The van der Waals surface area contributed by atoms with Gasteiger partial charge in [0.25, 0.3) is 0 Å². The fourth-order valence-electron chi connectivity index (χ4n) is 7.22. The summed E-state index contributed by atoms with van der Waals surface area (Å²) in [5.41, 5.74) is 10.8. The van der Waals surface area contributed by atoms with Gasteiger partial charge in [-0.3, -0.25) is 0 Å². The first-order valence-electron chi connectivity index (χ1n) is 13.8. The summed E-state index contributed by atoms with van der Waals surface area (Å²) in [5.74, 6) is 0.669. The van der Waals surface area contributed by atoms with Gasteiger partial charge >= 0.3 is 0 Å². The van der Waals surface area contributed by atoms with Crippen LogP contribution in [0.3, 0.4) is 0 Å². The van der Waals surface area contributed by atoms with Gasteiger partial charge in [0.2, 0.25) is 5.52 Å². The van der Waals surface area contributed by atoms with Crippen molar-refractivity contribution in [2.45, 2.75) is 44.9 Å². The van der Waals surface area contributed by atoms with E-state index in [-0.39, 0.29) is 0 Å². The van der Waals surface area contributed by atoms with Crippen LogP contribution >= 0.6 is 0 Å². The Bertz CT molecular complexity index is 1970. The minimum Gasteiger partial charge on any atom is -0.307 e. The third-order valence-corrected chi connectivity index (χ3v) is 9.04. The Kier molecular flexibility index (Phi) is 4.47. The maximum atomic E-state index is 2.60. The molecule has 2 heteroatoms. The van der Waals surface area contributed by atoms with Crippen molar-refractivity contribution in [3.63, 3.8) is 0 Å². The van der Waals surface area contributed by atoms with Gasteiger partial charge in [-0.05, 0) is 65.5 Å². The van der Waals surface area contributed by atoms with E-state index >= 15 is 0 Å². The standard InChI is InChI=1S/C35H31N2/c1-22-13-15-29-28-16-14-25(23-9-5-3-6-10-23)20-30(28)37-31-21-27(24-11-7-4-8-12-24)19-26-17-18-36(2)35(33(26)31)32(22)34(29)37/h3,5-6,9-10,13-21,24H,4,7-8,11-12H2,1-2H3/q+1. The van der Waals surface area contributed by atoms with Crippen molar-refractivity contribution >= 4 is 49.0 Å². The molecule has 3 heterocycles. The largest absolute Gasteiger partial charge is 0.307 e. The Morgan fingerprint density at radius 1 is 0.730 bits per heavy atom. The Morgan fingerprint density at radius 3 is 2.38 bits per heavy atom. The van der Waals surface area contributed by atoms with Crippen LogP contribution in [0.5, 0.6) is 0 Å². The first-order valence-corrected chi connectivity index (χ1v) is 13.8. The summed E-state index contributed by atoms with van der Waals surface area (Å²) in [5, 5.41) is 6.81. The molecule has 0 bridgehead atoms. The lowest BCUT2D eigenvalue weighted by Gasteiger charge is -2.23. The van der Waals surface area contributed by atoms with Crippen LogP contribution in [0.2, 0.25) is 0 Å². The summed E-state index contributed by atoms with van der Waals surface area (Å²) in [6, 6.07) is 29.9. The predicted molar refractivity (Wildman–Crippen MR) is 156 cm³/mol. The number of aromatic nitrogens is 2. The molecule has 0 saturated heterocycles. The SMILES string of the molecule is Cc1ccc2c3ccc(-c4ccccc4)cc3n3c4cc(C5CCCCC5)cc5cc[n+](C)c(c1c23)c54. The van der Waals surface area contributed by atoms with Crippen LogP contribution in [-0.4, -0.2) is 4.40 Å². The molecule has 7 aromatic rings. The number of rotatable bonds is 2. The quantitative estimate of drug-likeness (QED) is 0.133. The molecular weight excluding hydrogens is 448 g/mol. The third kappa shape index (κ3) is 2.96. The van der Waals surface area contributed by atoms with Crippen LogP contribution in [0, 0.1) is 6.92 Å². The zero-order valence-corrected chi connectivity index (χ0v) is 21.6. The minimum atomic E-state index is 0.669. The Hall–Kier alpha value is -3.91. The van der Waals surface area contributed by atoms with Crippen LogP contribution in [0.1, 0.15) is 49.1 Å². The van der Waals surface area contributed by atoms with E-state index < -0.39 is 0 Å². The van der Waals surface area contributed by atoms with Gasteiger partial charge in [-0.15, -0.1) is 0 Å². The van der Waals surface area contributed by atoms with Crippen molar-refractivity contribution in [2.75, 3.05) is 0 Å². The molecule has 1 fully saturated rings. The number of fused-ring (bicyclic) bond motifs is 5. The minimum absolute atomic E-state index is 0.669. The van der Waals surface area contributed by atoms with Crippen molar-refractivity contribution in [3.8, 4) is 11.1 Å². The second-order valence-corrected chi connectivity index (χ2v) is 11.2. The zero-order valence-electron chi connectivity index (χ0n) is 21.6. The second kappa shape index (κ2) is 7.79. The van der Waals surface area contributed by atoms with E-state index in [0.717, 1.165) is 0 Å². The van der Waals surface area contributed by atoms with Gasteiger partial charge in [0.05, 0.1) is 27.3 Å². The summed E-state index contributed by atoms with van der Waals surface area (Å²) in [6.07, 6.45) is 8.98. The van der Waals surface area contributed by atoms with Crippen LogP contribution in [-0.2, 0) is 7.05 Å². The summed E-state index contributed by atoms with van der Waals surface area (Å²) in [7, 11) is 2.21. The monoisotopic (exact) mass is 479 g/mol. The first-order chi connectivity index (χ1) is 18.2. The van der Waals surface area contributed by atoms with E-state index in [1.54, 1.807) is 0 Å². The molecule has 0 radical (unpaired) electrons. The van der Waals surface area contributed by atoms with Gasteiger partial charge in [-0.25, -0.2) is 4.57 Å². The molecule has 4 aromatic carbocycles. The molecule has 1 saturated carbocycles. The molecule has 1 aliphatic rings. The molecule has 0 aliphatic heterocycles. The van der Waals surface area contributed by atoms with Crippen LogP contribution in [0.25, 0.3) is 60.1 Å². The van der Waals surface area contributed by atoms with Gasteiger partial charge in [0.1, 0.15) is 7.05 Å². The lowest BCUT2D eigenvalue weighted by Crippen LogP contribution is -2.29. The van der Waals surface area contributed by atoms with E-state index in [1.807, 2.05) is 0 Å². The number of aryl methyl sites for hydroxylation is 2. The summed E-state index contributed by atoms with van der Waals surface area (Å²) < 4.78 is 4.94. The van der Waals surface area contributed by atoms with E-state index in [0.29, 0.717) is 5.92 Å². The fourth-order valence-corrected chi connectivity index (χ4v) is 7.22. The average molecular weight is 480 g/mol. The Morgan fingerprint density at radius 2 is 1.54 bits per heavy atom. The first kappa shape index (κ1) is 21.2. The van der Waals surface area contributed by atoms with Crippen molar-refractivity contribution in [3.05, 3.63) is 96.2 Å². The van der Waals surface area contributed by atoms with Gasteiger partial charge in [0, 0.05) is 16.8 Å². The smallest absolute Gasteiger partial charge is 0.224 e. The van der Waals surface area contributed by atoms with Crippen molar-refractivity contribution < 1.29 is 4.57 Å². The van der Waals surface area contributed by atoms with Crippen molar-refractivity contribution in [2.24, 2.45) is 7.05 Å². The normalized spacial score (nSPS) is 15.2. The molecule has 37 heavy (non-hydrogen) atoms. The average Bonchev–Trinajstić information content (AvgIpc) is 3.28. The number of hydrogen-bond acceptors (Lipinski definition) is 0. The molecule has 3 aromatic heterocycles.